The number of nitrogens with one attached hydrogen (secondary N) is 3. The number of likely N-dealkylation sites (N-methyl/N-ethyl adjacent to an activating group) is 1. The monoisotopic (exact) mass is 626 g/mol. The van der Waals surface area contributed by atoms with Gasteiger partial charge in [0.05, 0.1) is 25.8 Å². The largest absolute Gasteiger partial charge is 0.465 e. The average Bonchev–Trinajstić information content (AvgIpc) is 3.73. The number of carbonyl (C=O) groups is 3. The van der Waals surface area contributed by atoms with E-state index in [9.17, 15) is 14.4 Å². The van der Waals surface area contributed by atoms with Gasteiger partial charge in [0, 0.05) is 39.0 Å². The van der Waals surface area contributed by atoms with Crippen LogP contribution in [0.25, 0.3) is 11.0 Å². The maximum absolute atomic E-state index is 15.8. The van der Waals surface area contributed by atoms with Gasteiger partial charge in [0.15, 0.2) is 35.4 Å². The van der Waals surface area contributed by atoms with E-state index < -0.39 is 23.3 Å². The molecule has 0 saturated carbocycles. The molecule has 1 atom stereocenters. The summed E-state index contributed by atoms with van der Waals surface area (Å²) in [5.41, 5.74) is -0.0700. The Hall–Kier alpha value is -4.51. The molecule has 1 aliphatic carbocycles. The molecule has 0 bridgehead atoms. The highest BCUT2D eigenvalue weighted by atomic mass is 19.1. The van der Waals surface area contributed by atoms with E-state index in [2.05, 4.69) is 41.1 Å². The van der Waals surface area contributed by atoms with Crippen LogP contribution in [-0.2, 0) is 33.7 Å². The van der Waals surface area contributed by atoms with Crippen LogP contribution in [0, 0.1) is 17.6 Å². The SMILES string of the molecule is CNCC(=O)NCCn1nnc2c(F)c3c(c(F)c21)CC(CN1CCC2(CC1)CN(c1cnc4c(n1)NC(=O)CO4)C(=O)O2)C3. The molecule has 2 saturated heterocycles. The number of fused-ring (bicyclic) bond motifs is 3. The normalized spacial score (nSPS) is 20.6. The van der Waals surface area contributed by atoms with Crippen LogP contribution in [0.5, 0.6) is 5.88 Å². The zero-order valence-electron chi connectivity index (χ0n) is 24.6. The number of hydrogen-bond donors (Lipinski definition) is 3. The molecule has 3 aliphatic heterocycles. The lowest BCUT2D eigenvalue weighted by atomic mass is 9.90. The highest BCUT2D eigenvalue weighted by molar-refractivity contribution is 5.95. The van der Waals surface area contributed by atoms with Gasteiger partial charge in [-0.15, -0.1) is 5.10 Å². The lowest BCUT2D eigenvalue weighted by Crippen LogP contribution is -2.48. The van der Waals surface area contributed by atoms with Gasteiger partial charge in [-0.3, -0.25) is 14.5 Å². The Labute approximate surface area is 255 Å². The van der Waals surface area contributed by atoms with Crippen LogP contribution in [0.4, 0.5) is 25.2 Å². The van der Waals surface area contributed by atoms with Crippen molar-refractivity contribution in [3.8, 4) is 5.88 Å². The minimum atomic E-state index is -0.691. The highest BCUT2D eigenvalue weighted by Gasteiger charge is 2.48. The number of aromatic nitrogens is 5. The summed E-state index contributed by atoms with van der Waals surface area (Å²) >= 11 is 0. The number of benzene rings is 1. The standard InChI is InChI=1S/C28H32F2N10O5/c1-31-11-19(41)32-4-7-40-24-22(30)17-9-15(8-16(17)21(29)23(24)36-37-40)12-38-5-2-28(3-6-38)14-39(27(43)45-28)18-10-33-26-25(34-18)35-20(42)13-44-26/h10,15,31H,2-9,11-14H2,1H3,(H,32,41)(H,34,35,42). The second-order valence-electron chi connectivity index (χ2n) is 11.9. The molecule has 3 aromatic rings. The fourth-order valence-electron chi connectivity index (χ4n) is 6.67. The van der Waals surface area contributed by atoms with Crippen molar-refractivity contribution in [3.05, 3.63) is 29.0 Å². The van der Waals surface area contributed by atoms with Gasteiger partial charge in [-0.25, -0.2) is 28.2 Å². The molecule has 45 heavy (non-hydrogen) atoms. The molecule has 15 nitrogen and oxygen atoms in total. The summed E-state index contributed by atoms with van der Waals surface area (Å²) in [5, 5.41) is 15.9. The third-order valence-electron chi connectivity index (χ3n) is 8.87. The molecule has 1 unspecified atom stereocenters. The number of piperidine rings is 1. The fourth-order valence-corrected chi connectivity index (χ4v) is 6.67. The number of rotatable bonds is 8. The van der Waals surface area contributed by atoms with E-state index in [1.165, 1.54) is 15.8 Å². The van der Waals surface area contributed by atoms with E-state index in [-0.39, 0.29) is 72.5 Å². The van der Waals surface area contributed by atoms with Crippen molar-refractivity contribution in [2.24, 2.45) is 5.92 Å². The summed E-state index contributed by atoms with van der Waals surface area (Å²) in [7, 11) is 1.66. The first-order valence-electron chi connectivity index (χ1n) is 14.9. The number of anilines is 2. The molecule has 3 N–H and O–H groups in total. The highest BCUT2D eigenvalue weighted by Crippen LogP contribution is 2.39. The molecule has 7 rings (SSSR count). The van der Waals surface area contributed by atoms with Gasteiger partial charge >= 0.3 is 6.09 Å². The second kappa shape index (κ2) is 11.4. The van der Waals surface area contributed by atoms with E-state index in [4.69, 9.17) is 9.47 Å². The first-order valence-corrected chi connectivity index (χ1v) is 14.9. The molecule has 4 aliphatic rings. The molecule has 5 heterocycles. The first kappa shape index (κ1) is 29.2. The Kier molecular flexibility index (Phi) is 7.43. The van der Waals surface area contributed by atoms with E-state index >= 15 is 8.78 Å². The molecule has 238 valence electrons. The predicted molar refractivity (Wildman–Crippen MR) is 154 cm³/mol. The number of ether oxygens (including phenoxy) is 2. The quantitative estimate of drug-likeness (QED) is 0.316. The number of carbonyl (C=O) groups excluding carboxylic acids is 3. The van der Waals surface area contributed by atoms with Gasteiger partial charge in [-0.1, -0.05) is 5.21 Å². The van der Waals surface area contributed by atoms with Crippen molar-refractivity contribution in [2.45, 2.75) is 37.8 Å². The Morgan fingerprint density at radius 3 is 2.73 bits per heavy atom. The molecular formula is C28H32F2N10O5. The van der Waals surface area contributed by atoms with Crippen LogP contribution in [0.15, 0.2) is 6.20 Å². The van der Waals surface area contributed by atoms with Crippen LogP contribution in [0.1, 0.15) is 24.0 Å². The first-order chi connectivity index (χ1) is 21.7. The topological polar surface area (TPSA) is 169 Å². The summed E-state index contributed by atoms with van der Waals surface area (Å²) < 4.78 is 43.7. The summed E-state index contributed by atoms with van der Waals surface area (Å²) in [6, 6.07) is 0. The van der Waals surface area contributed by atoms with Gasteiger partial charge < -0.3 is 30.3 Å². The van der Waals surface area contributed by atoms with Crippen molar-refractivity contribution < 1.29 is 32.6 Å². The van der Waals surface area contributed by atoms with Crippen molar-refractivity contribution >= 4 is 40.6 Å². The van der Waals surface area contributed by atoms with E-state index in [0.29, 0.717) is 63.0 Å². The summed E-state index contributed by atoms with van der Waals surface area (Å²) in [5.74, 6) is -0.981. The Bertz CT molecular complexity index is 1690. The summed E-state index contributed by atoms with van der Waals surface area (Å²) in [6.07, 6.45) is 2.84. The second-order valence-corrected chi connectivity index (χ2v) is 11.9. The zero-order valence-corrected chi connectivity index (χ0v) is 24.6. The van der Waals surface area contributed by atoms with Gasteiger partial charge in [-0.05, 0) is 36.9 Å². The number of hydrogen-bond acceptors (Lipinski definition) is 11. The van der Waals surface area contributed by atoms with Gasteiger partial charge in [-0.2, -0.15) is 0 Å². The molecule has 17 heteroatoms. The molecule has 3 amide bonds. The lowest BCUT2D eigenvalue weighted by Gasteiger charge is -2.38. The third-order valence-corrected chi connectivity index (χ3v) is 8.87. The minimum absolute atomic E-state index is 0.0117. The Morgan fingerprint density at radius 1 is 1.18 bits per heavy atom. The maximum Gasteiger partial charge on any atom is 0.416 e. The summed E-state index contributed by atoms with van der Waals surface area (Å²) in [4.78, 5) is 48.4. The average molecular weight is 627 g/mol. The molecule has 2 aromatic heterocycles. The van der Waals surface area contributed by atoms with Crippen LogP contribution >= 0.6 is 0 Å². The Balaban J connectivity index is 0.973. The number of likely N-dealkylation sites (tertiary alicyclic amines) is 1. The third kappa shape index (κ3) is 5.39. The van der Waals surface area contributed by atoms with Gasteiger partial charge in [0.1, 0.15) is 11.1 Å². The predicted octanol–water partition coefficient (Wildman–Crippen LogP) is 0.372. The van der Waals surface area contributed by atoms with Crippen molar-refractivity contribution in [1.29, 1.82) is 0 Å². The maximum atomic E-state index is 15.8. The minimum Gasteiger partial charge on any atom is -0.465 e. The lowest BCUT2D eigenvalue weighted by molar-refractivity contribution is -0.120. The molecule has 1 spiro atoms. The van der Waals surface area contributed by atoms with Crippen molar-refractivity contribution in [3.63, 3.8) is 0 Å². The number of nitrogens with zero attached hydrogens (tertiary/aromatic N) is 7. The fraction of sp³-hybridized carbons (Fsp3) is 0.536. The van der Waals surface area contributed by atoms with Crippen molar-refractivity contribution in [2.75, 3.05) is 63.1 Å². The zero-order chi connectivity index (χ0) is 31.3. The van der Waals surface area contributed by atoms with Gasteiger partial charge in [0.2, 0.25) is 5.91 Å². The molecular weight excluding hydrogens is 594 g/mol. The van der Waals surface area contributed by atoms with E-state index in [0.717, 1.165) is 0 Å². The van der Waals surface area contributed by atoms with E-state index in [1.807, 2.05) is 0 Å². The Morgan fingerprint density at radius 2 is 1.96 bits per heavy atom. The number of halogens is 2. The van der Waals surface area contributed by atoms with Crippen LogP contribution < -0.4 is 25.6 Å². The number of amides is 3. The molecule has 1 aromatic carbocycles. The molecule has 0 radical (unpaired) electrons. The van der Waals surface area contributed by atoms with Crippen LogP contribution in [0.2, 0.25) is 0 Å². The summed E-state index contributed by atoms with van der Waals surface area (Å²) in [6.45, 7) is 2.61. The van der Waals surface area contributed by atoms with Crippen LogP contribution in [-0.4, -0.2) is 106 Å². The smallest absolute Gasteiger partial charge is 0.416 e. The van der Waals surface area contributed by atoms with E-state index in [1.54, 1.807) is 7.05 Å². The van der Waals surface area contributed by atoms with Crippen molar-refractivity contribution in [1.82, 2.24) is 40.5 Å². The molecule has 2 fully saturated rings. The van der Waals surface area contributed by atoms with Crippen LogP contribution in [0.3, 0.4) is 0 Å². The van der Waals surface area contributed by atoms with Gasteiger partial charge in [0.25, 0.3) is 11.8 Å².